The summed E-state index contributed by atoms with van der Waals surface area (Å²) < 4.78 is 5.07. The molecule has 46 heavy (non-hydrogen) atoms. The molecule has 0 amide bonds. The molecular weight excluding hydrogens is 679 g/mol. The van der Waals surface area contributed by atoms with Crippen LogP contribution in [0.2, 0.25) is 3.63 Å². The Morgan fingerprint density at radius 1 is 0.761 bits per heavy atom. The maximum Gasteiger partial charge on any atom is -1.00 e. The van der Waals surface area contributed by atoms with Crippen molar-refractivity contribution in [3.05, 3.63) is 127 Å². The molecule has 0 spiro atoms. The standard InChI is InChI=1S/C27H29.C9H13.C7H6.2ClH.Zr/c1-16-7-9-26(3,4)24-12-18-11-19-13-25-21(17(2)8-10-27(25,5)6)15-23(19)22(18)14-20(16)24;1-9(2,3)8-6-4-5-7-8;1-7-5-3-2-4-6-7;;;/h7-9,12-15H,10-11H2,1-6H3;6-7H,4H2,1-3H3;1-6H;2*1H;/q;;;;;+2/p-2. The van der Waals surface area contributed by atoms with Gasteiger partial charge in [0.1, 0.15) is 0 Å². The molecule has 4 aliphatic rings. The third-order valence-electron chi connectivity index (χ3n) is 11.1. The Morgan fingerprint density at radius 2 is 1.37 bits per heavy atom. The Kier molecular flexibility index (Phi) is 9.54. The van der Waals surface area contributed by atoms with Crippen LogP contribution in [0.4, 0.5) is 0 Å². The molecule has 0 N–H and O–H groups in total. The molecule has 4 aliphatic carbocycles. The molecule has 0 bridgehead atoms. The monoisotopic (exact) mass is 724 g/mol. The fourth-order valence-electron chi connectivity index (χ4n) is 8.22. The van der Waals surface area contributed by atoms with Gasteiger partial charge >= 0.3 is 275 Å². The average Bonchev–Trinajstić information content (AvgIpc) is 3.61. The zero-order valence-corrected chi connectivity index (χ0v) is 33.0. The molecule has 0 aromatic heterocycles. The van der Waals surface area contributed by atoms with Gasteiger partial charge in [0.05, 0.1) is 0 Å². The largest absolute Gasteiger partial charge is 1.00 e. The van der Waals surface area contributed by atoms with Gasteiger partial charge in [-0.15, -0.1) is 0 Å². The van der Waals surface area contributed by atoms with E-state index in [1.807, 2.05) is 0 Å². The van der Waals surface area contributed by atoms with Gasteiger partial charge in [0, 0.05) is 0 Å². The van der Waals surface area contributed by atoms with Crippen molar-refractivity contribution in [3.8, 4) is 11.1 Å². The normalized spacial score (nSPS) is 20.1. The van der Waals surface area contributed by atoms with Gasteiger partial charge in [0.25, 0.3) is 0 Å². The Morgan fingerprint density at radius 3 is 1.98 bits per heavy atom. The Labute approximate surface area is 298 Å². The predicted octanol–water partition coefficient (Wildman–Crippen LogP) is 5.56. The molecule has 0 nitrogen and oxygen atoms in total. The van der Waals surface area contributed by atoms with Crippen LogP contribution in [0.25, 0.3) is 22.3 Å². The number of benzene rings is 3. The second-order valence-electron chi connectivity index (χ2n) is 16.1. The molecule has 7 rings (SSSR count). The summed E-state index contributed by atoms with van der Waals surface area (Å²) in [7, 11) is 0. The minimum atomic E-state index is -2.33. The molecule has 3 heteroatoms. The van der Waals surface area contributed by atoms with Gasteiger partial charge in [-0.25, -0.2) is 0 Å². The van der Waals surface area contributed by atoms with Crippen LogP contribution >= 0.6 is 0 Å². The first kappa shape index (κ1) is 35.3. The van der Waals surface area contributed by atoms with Gasteiger partial charge in [-0.05, 0) is 0 Å². The molecule has 0 aliphatic heterocycles. The number of hydrogen-bond acceptors (Lipinski definition) is 0. The summed E-state index contributed by atoms with van der Waals surface area (Å²) in [4.78, 5) is 0. The minimum absolute atomic E-state index is 0. The molecular formula is C43H48Cl2Zr. The molecule has 1 atom stereocenters. The summed E-state index contributed by atoms with van der Waals surface area (Å²) in [5.74, 6) is 0. The van der Waals surface area contributed by atoms with Gasteiger partial charge in [-0.2, -0.15) is 0 Å². The Bertz CT molecular complexity index is 1870. The third-order valence-corrected chi connectivity index (χ3v) is 19.2. The fraction of sp³-hybridized carbons (Fsp3) is 0.372. The van der Waals surface area contributed by atoms with E-state index in [2.05, 4.69) is 145 Å². The van der Waals surface area contributed by atoms with Crippen molar-refractivity contribution >= 4 is 14.9 Å². The van der Waals surface area contributed by atoms with Crippen LogP contribution in [-0.2, 0) is 38.5 Å². The molecule has 0 heterocycles. The van der Waals surface area contributed by atoms with Crippen LogP contribution in [0.3, 0.4) is 0 Å². The number of fused-ring (bicyclic) bond motifs is 5. The van der Waals surface area contributed by atoms with Crippen molar-refractivity contribution in [1.82, 2.24) is 0 Å². The fourth-order valence-corrected chi connectivity index (χ4v) is 16.4. The average molecular weight is 727 g/mol. The SMILES string of the molecule is CC1=CCC(C)(C)c2cc3c(cc21)-c1cc2c(cc1C3)C(C)(C)[CH]([Zr+2](=[CH]c1ccccc1)[C]1=CC(C(C)(C)C)=CC1)C=C2C.[Cl-].[Cl-]. The van der Waals surface area contributed by atoms with Gasteiger partial charge < -0.3 is 24.8 Å². The first-order valence-corrected chi connectivity index (χ1v) is 20.7. The second-order valence-corrected chi connectivity index (χ2v) is 22.2. The molecule has 1 unspecified atom stereocenters. The van der Waals surface area contributed by atoms with Crippen molar-refractivity contribution in [3.63, 3.8) is 0 Å². The molecule has 0 saturated carbocycles. The number of allylic oxidation sites excluding steroid dienone is 8. The minimum Gasteiger partial charge on any atom is -1.00 e. The van der Waals surface area contributed by atoms with Gasteiger partial charge in [0.2, 0.25) is 0 Å². The van der Waals surface area contributed by atoms with Crippen LogP contribution in [0.5, 0.6) is 0 Å². The number of rotatable bonds is 3. The van der Waals surface area contributed by atoms with Crippen molar-refractivity contribution in [1.29, 1.82) is 0 Å². The summed E-state index contributed by atoms with van der Waals surface area (Å²) in [6, 6.07) is 21.5. The molecule has 0 radical (unpaired) electrons. The maximum atomic E-state index is 2.75. The summed E-state index contributed by atoms with van der Waals surface area (Å²) in [5.41, 5.74) is 18.3. The summed E-state index contributed by atoms with van der Waals surface area (Å²) in [5, 5.41) is 0. The van der Waals surface area contributed by atoms with Crippen LogP contribution in [0.1, 0.15) is 114 Å². The number of halogens is 2. The van der Waals surface area contributed by atoms with Gasteiger partial charge in [0.15, 0.2) is 0 Å². The van der Waals surface area contributed by atoms with Gasteiger partial charge in [-0.1, -0.05) is 0 Å². The van der Waals surface area contributed by atoms with Crippen LogP contribution < -0.4 is 24.8 Å². The third kappa shape index (κ3) is 5.93. The molecule has 0 fully saturated rings. The topological polar surface area (TPSA) is 0 Å². The second kappa shape index (κ2) is 12.4. The van der Waals surface area contributed by atoms with E-state index in [4.69, 9.17) is 0 Å². The van der Waals surface area contributed by atoms with E-state index in [9.17, 15) is 0 Å². The van der Waals surface area contributed by atoms with E-state index in [-0.39, 0.29) is 41.1 Å². The van der Waals surface area contributed by atoms with Gasteiger partial charge in [-0.3, -0.25) is 0 Å². The van der Waals surface area contributed by atoms with E-state index in [0.717, 1.165) is 19.3 Å². The van der Waals surface area contributed by atoms with Crippen LogP contribution in [-0.4, -0.2) is 3.71 Å². The zero-order chi connectivity index (χ0) is 31.2. The molecule has 0 saturated heterocycles. The van der Waals surface area contributed by atoms with E-state index in [0.29, 0.717) is 3.63 Å². The van der Waals surface area contributed by atoms with E-state index in [1.54, 1.807) is 8.84 Å². The summed E-state index contributed by atoms with van der Waals surface area (Å²) >= 11 is -2.33. The molecule has 3 aromatic rings. The first-order valence-electron chi connectivity index (χ1n) is 16.6. The first-order chi connectivity index (χ1) is 20.7. The van der Waals surface area contributed by atoms with Crippen LogP contribution in [0, 0.1) is 5.41 Å². The van der Waals surface area contributed by atoms with Crippen molar-refractivity contribution < 1.29 is 46.1 Å². The molecule has 238 valence electrons. The van der Waals surface area contributed by atoms with Crippen molar-refractivity contribution in [2.24, 2.45) is 5.41 Å². The van der Waals surface area contributed by atoms with E-state index < -0.39 is 21.3 Å². The number of hydrogen-bond donors (Lipinski definition) is 0. The summed E-state index contributed by atoms with van der Waals surface area (Å²) in [6.07, 6.45) is 13.6. The Balaban J connectivity index is 0.00000208. The van der Waals surface area contributed by atoms with Crippen LogP contribution in [0.15, 0.2) is 87.8 Å². The maximum absolute atomic E-state index is 2.75. The Hall–Kier alpha value is -2.05. The predicted molar refractivity (Wildman–Crippen MR) is 188 cm³/mol. The van der Waals surface area contributed by atoms with Crippen molar-refractivity contribution in [2.45, 2.75) is 96.0 Å². The quantitative estimate of drug-likeness (QED) is 0.260. The zero-order valence-electron chi connectivity index (χ0n) is 29.0. The summed E-state index contributed by atoms with van der Waals surface area (Å²) in [6.45, 7) is 21.7. The smallest absolute Gasteiger partial charge is 1.00 e. The van der Waals surface area contributed by atoms with E-state index >= 15 is 0 Å². The van der Waals surface area contributed by atoms with E-state index in [1.165, 1.54) is 61.2 Å². The van der Waals surface area contributed by atoms with Crippen molar-refractivity contribution in [2.75, 3.05) is 0 Å². The molecule has 3 aromatic carbocycles.